The number of anilines is 2. The van der Waals surface area contributed by atoms with E-state index < -0.39 is 0 Å². The summed E-state index contributed by atoms with van der Waals surface area (Å²) in [7, 11) is 0. The number of aromatic nitrogens is 2. The number of benzene rings is 1. The number of hydrogen-bond acceptors (Lipinski definition) is 3. The van der Waals surface area contributed by atoms with Crippen LogP contribution in [0.3, 0.4) is 0 Å². The van der Waals surface area contributed by atoms with Crippen LogP contribution >= 0.6 is 0 Å². The second-order valence-corrected chi connectivity index (χ2v) is 5.13. The predicted molar refractivity (Wildman–Crippen MR) is 78.7 cm³/mol. The van der Waals surface area contributed by atoms with Crippen molar-refractivity contribution in [1.82, 2.24) is 10.2 Å². The topological polar surface area (TPSA) is 83.8 Å². The second-order valence-electron chi connectivity index (χ2n) is 5.13. The fourth-order valence-electron chi connectivity index (χ4n) is 2.64. The van der Waals surface area contributed by atoms with Gasteiger partial charge in [0.2, 0.25) is 0 Å². The molecule has 0 bridgehead atoms. The molecule has 1 heterocycles. The van der Waals surface area contributed by atoms with Crippen LogP contribution in [0.5, 0.6) is 0 Å². The van der Waals surface area contributed by atoms with Crippen molar-refractivity contribution < 1.29 is 4.79 Å². The molecule has 1 amide bonds. The minimum atomic E-state index is -0.207. The summed E-state index contributed by atoms with van der Waals surface area (Å²) < 4.78 is 0. The monoisotopic (exact) mass is 270 g/mol. The number of carbonyl (C=O) groups is 1. The quantitative estimate of drug-likeness (QED) is 0.579. The molecule has 1 aromatic carbocycles. The highest BCUT2D eigenvalue weighted by molar-refractivity contribution is 6.07. The van der Waals surface area contributed by atoms with Gasteiger partial charge in [-0.25, -0.2) is 0 Å². The van der Waals surface area contributed by atoms with Gasteiger partial charge >= 0.3 is 0 Å². The van der Waals surface area contributed by atoms with E-state index in [1.807, 2.05) is 6.07 Å². The third-order valence-corrected chi connectivity index (χ3v) is 3.74. The number of rotatable bonds is 2. The lowest BCUT2D eigenvalue weighted by Gasteiger charge is -2.07. The van der Waals surface area contributed by atoms with E-state index >= 15 is 0 Å². The van der Waals surface area contributed by atoms with Crippen LogP contribution in [-0.4, -0.2) is 16.1 Å². The number of hydrogen-bond donors (Lipinski definition) is 3. The summed E-state index contributed by atoms with van der Waals surface area (Å²) in [6.45, 7) is 0. The van der Waals surface area contributed by atoms with Crippen molar-refractivity contribution >= 4 is 17.4 Å². The Kier molecular flexibility index (Phi) is 3.41. The Hall–Kier alpha value is -2.30. The molecule has 0 radical (unpaired) electrons. The summed E-state index contributed by atoms with van der Waals surface area (Å²) in [5.74, 6) is 0.441. The maximum absolute atomic E-state index is 12.3. The van der Waals surface area contributed by atoms with Crippen LogP contribution in [0, 0.1) is 0 Å². The Morgan fingerprint density at radius 3 is 2.85 bits per heavy atom. The van der Waals surface area contributed by atoms with Crippen LogP contribution in [0.25, 0.3) is 0 Å². The molecule has 1 aliphatic carbocycles. The second kappa shape index (κ2) is 5.36. The molecule has 0 aliphatic heterocycles. The first-order valence-electron chi connectivity index (χ1n) is 6.97. The van der Waals surface area contributed by atoms with Crippen molar-refractivity contribution in [2.24, 2.45) is 0 Å². The van der Waals surface area contributed by atoms with E-state index in [1.165, 1.54) is 12.8 Å². The average molecular weight is 270 g/mol. The Labute approximate surface area is 117 Å². The molecule has 0 saturated heterocycles. The van der Waals surface area contributed by atoms with E-state index in [2.05, 4.69) is 15.5 Å². The lowest BCUT2D eigenvalue weighted by molar-refractivity contribution is 0.102. The minimum Gasteiger partial charge on any atom is -0.398 e. The summed E-state index contributed by atoms with van der Waals surface area (Å²) >= 11 is 0. The van der Waals surface area contributed by atoms with Gasteiger partial charge in [0.1, 0.15) is 0 Å². The van der Waals surface area contributed by atoms with Crippen LogP contribution in [0.2, 0.25) is 0 Å². The standard InChI is InChI=1S/C15H18N4O/c16-12-8-5-4-6-10(12)15(20)17-14-11-7-2-1-3-9-13(11)18-19-14/h4-6,8H,1-3,7,9,16H2,(H2,17,18,19,20). The predicted octanol–water partition coefficient (Wildman–Crippen LogP) is 2.51. The summed E-state index contributed by atoms with van der Waals surface area (Å²) in [5.41, 5.74) is 9.08. The highest BCUT2D eigenvalue weighted by Gasteiger charge is 2.18. The summed E-state index contributed by atoms with van der Waals surface area (Å²) in [4.78, 5) is 12.3. The van der Waals surface area contributed by atoms with Crippen molar-refractivity contribution in [3.63, 3.8) is 0 Å². The SMILES string of the molecule is Nc1ccccc1C(=O)Nc1n[nH]c2c1CCCCC2. The normalized spacial score (nSPS) is 14.4. The maximum Gasteiger partial charge on any atom is 0.258 e. The van der Waals surface area contributed by atoms with Crippen molar-refractivity contribution in [3.8, 4) is 0 Å². The van der Waals surface area contributed by atoms with Gasteiger partial charge in [0.15, 0.2) is 5.82 Å². The number of amides is 1. The number of fused-ring (bicyclic) bond motifs is 1. The number of nitrogens with one attached hydrogen (secondary N) is 2. The van der Waals surface area contributed by atoms with Gasteiger partial charge in [-0.3, -0.25) is 9.89 Å². The molecule has 1 aromatic heterocycles. The van der Waals surface area contributed by atoms with Gasteiger partial charge in [-0.05, 0) is 37.8 Å². The number of nitrogens with two attached hydrogens (primary N) is 1. The van der Waals surface area contributed by atoms with Crippen LogP contribution in [-0.2, 0) is 12.8 Å². The first kappa shape index (κ1) is 12.7. The van der Waals surface area contributed by atoms with Crippen molar-refractivity contribution in [1.29, 1.82) is 0 Å². The molecule has 5 nitrogen and oxygen atoms in total. The molecule has 0 unspecified atom stereocenters. The lowest BCUT2D eigenvalue weighted by atomic mass is 10.1. The molecule has 0 atom stereocenters. The van der Waals surface area contributed by atoms with Gasteiger partial charge < -0.3 is 11.1 Å². The van der Waals surface area contributed by atoms with Crippen LogP contribution in [0.4, 0.5) is 11.5 Å². The number of nitrogens with zero attached hydrogens (tertiary/aromatic N) is 1. The molecule has 20 heavy (non-hydrogen) atoms. The van der Waals surface area contributed by atoms with Crippen molar-refractivity contribution in [2.75, 3.05) is 11.1 Å². The molecule has 5 heteroatoms. The fraction of sp³-hybridized carbons (Fsp3) is 0.333. The van der Waals surface area contributed by atoms with Gasteiger partial charge in [-0.2, -0.15) is 5.10 Å². The Balaban J connectivity index is 1.83. The molecule has 104 valence electrons. The van der Waals surface area contributed by atoms with Crippen LogP contribution in [0.15, 0.2) is 24.3 Å². The van der Waals surface area contributed by atoms with Gasteiger partial charge in [0.25, 0.3) is 5.91 Å². The smallest absolute Gasteiger partial charge is 0.258 e. The van der Waals surface area contributed by atoms with E-state index in [4.69, 9.17) is 5.73 Å². The third-order valence-electron chi connectivity index (χ3n) is 3.74. The average Bonchev–Trinajstić information content (AvgIpc) is 2.68. The van der Waals surface area contributed by atoms with Crippen LogP contribution in [0.1, 0.15) is 40.9 Å². The largest absolute Gasteiger partial charge is 0.398 e. The molecular formula is C15H18N4O. The number of H-pyrrole nitrogens is 1. The number of para-hydroxylation sites is 1. The summed E-state index contributed by atoms with van der Waals surface area (Å²) in [5, 5.41) is 10.2. The number of carbonyl (C=O) groups excluding carboxylic acids is 1. The molecule has 3 rings (SSSR count). The van der Waals surface area contributed by atoms with E-state index in [0.29, 0.717) is 17.1 Å². The zero-order chi connectivity index (χ0) is 13.9. The van der Waals surface area contributed by atoms with Crippen LogP contribution < -0.4 is 11.1 Å². The number of aryl methyl sites for hydroxylation is 1. The Bertz CT molecular complexity index is 633. The first-order valence-corrected chi connectivity index (χ1v) is 6.97. The van der Waals surface area contributed by atoms with Crippen molar-refractivity contribution in [2.45, 2.75) is 32.1 Å². The molecule has 0 spiro atoms. The summed E-state index contributed by atoms with van der Waals surface area (Å²) in [6.07, 6.45) is 5.51. The maximum atomic E-state index is 12.3. The molecule has 0 fully saturated rings. The highest BCUT2D eigenvalue weighted by Crippen LogP contribution is 2.25. The molecular weight excluding hydrogens is 252 g/mol. The van der Waals surface area contributed by atoms with E-state index in [9.17, 15) is 4.79 Å². The minimum absolute atomic E-state index is 0.207. The zero-order valence-electron chi connectivity index (χ0n) is 11.3. The van der Waals surface area contributed by atoms with Crippen molar-refractivity contribution in [3.05, 3.63) is 41.1 Å². The third kappa shape index (κ3) is 2.39. The van der Waals surface area contributed by atoms with Gasteiger partial charge in [-0.15, -0.1) is 0 Å². The van der Waals surface area contributed by atoms with E-state index in [0.717, 1.165) is 30.5 Å². The molecule has 0 saturated carbocycles. The molecule has 4 N–H and O–H groups in total. The highest BCUT2D eigenvalue weighted by atomic mass is 16.1. The Morgan fingerprint density at radius 2 is 2.00 bits per heavy atom. The molecule has 2 aromatic rings. The zero-order valence-corrected chi connectivity index (χ0v) is 11.3. The van der Waals surface area contributed by atoms with Gasteiger partial charge in [0.05, 0.1) is 5.56 Å². The molecule has 1 aliphatic rings. The van der Waals surface area contributed by atoms with E-state index in [1.54, 1.807) is 18.2 Å². The van der Waals surface area contributed by atoms with Gasteiger partial charge in [-0.1, -0.05) is 18.6 Å². The number of nitrogen functional groups attached to an aromatic ring is 1. The van der Waals surface area contributed by atoms with E-state index in [-0.39, 0.29) is 5.91 Å². The lowest BCUT2D eigenvalue weighted by Crippen LogP contribution is -2.15. The van der Waals surface area contributed by atoms with Gasteiger partial charge in [0, 0.05) is 16.9 Å². The first-order chi connectivity index (χ1) is 9.75. The summed E-state index contributed by atoms with van der Waals surface area (Å²) in [6, 6.07) is 7.05. The Morgan fingerprint density at radius 1 is 1.20 bits per heavy atom. The fourth-order valence-corrected chi connectivity index (χ4v) is 2.64. The number of aromatic amines is 1.